The summed E-state index contributed by atoms with van der Waals surface area (Å²) < 4.78 is 31.7. The van der Waals surface area contributed by atoms with Crippen molar-refractivity contribution in [1.82, 2.24) is 4.72 Å². The maximum absolute atomic E-state index is 12.1. The molecule has 2 aromatic carbocycles. The highest BCUT2D eigenvalue weighted by Gasteiger charge is 2.16. The maximum Gasteiger partial charge on any atom is 0.262 e. The molecule has 0 aliphatic heterocycles. The predicted octanol–water partition coefficient (Wildman–Crippen LogP) is 1.33. The van der Waals surface area contributed by atoms with Crippen LogP contribution in [-0.2, 0) is 14.8 Å². The molecule has 144 valence electrons. The van der Waals surface area contributed by atoms with Gasteiger partial charge in [0, 0.05) is 5.69 Å². The van der Waals surface area contributed by atoms with Crippen LogP contribution in [0.3, 0.4) is 0 Å². The molecule has 2 amide bonds. The molecule has 0 bridgehead atoms. The van der Waals surface area contributed by atoms with E-state index in [-0.39, 0.29) is 22.8 Å². The van der Waals surface area contributed by atoms with Crippen molar-refractivity contribution in [3.05, 3.63) is 53.1 Å². The first-order valence-electron chi connectivity index (χ1n) is 8.01. The molecule has 0 heterocycles. The van der Waals surface area contributed by atoms with E-state index in [1.165, 1.54) is 19.2 Å². The number of sulfonamides is 1. The SMILES string of the molecule is CNS(=O)(=O)c1cc(NC(=O)COc2cc(C)ccc2C(N)=O)ccc1C. The van der Waals surface area contributed by atoms with E-state index < -0.39 is 21.8 Å². The van der Waals surface area contributed by atoms with E-state index in [4.69, 9.17) is 10.5 Å². The van der Waals surface area contributed by atoms with Crippen molar-refractivity contribution in [2.24, 2.45) is 5.73 Å². The number of anilines is 1. The summed E-state index contributed by atoms with van der Waals surface area (Å²) in [5.74, 6) is -0.963. The van der Waals surface area contributed by atoms with Gasteiger partial charge in [0.15, 0.2) is 6.61 Å². The Morgan fingerprint density at radius 2 is 1.81 bits per heavy atom. The fraction of sp³-hybridized carbons (Fsp3) is 0.222. The minimum Gasteiger partial charge on any atom is -0.483 e. The fourth-order valence-corrected chi connectivity index (χ4v) is 3.36. The first-order valence-corrected chi connectivity index (χ1v) is 9.49. The Bertz CT molecular complexity index is 986. The number of ether oxygens (including phenoxy) is 1. The van der Waals surface area contributed by atoms with Gasteiger partial charge in [-0.2, -0.15) is 0 Å². The zero-order chi connectivity index (χ0) is 20.2. The first-order chi connectivity index (χ1) is 12.6. The summed E-state index contributed by atoms with van der Waals surface area (Å²) in [6.45, 7) is 3.10. The van der Waals surface area contributed by atoms with E-state index in [0.717, 1.165) is 5.56 Å². The van der Waals surface area contributed by atoms with Crippen LogP contribution in [0.25, 0.3) is 0 Å². The van der Waals surface area contributed by atoms with Gasteiger partial charge in [0.2, 0.25) is 10.0 Å². The summed E-state index contributed by atoms with van der Waals surface area (Å²) >= 11 is 0. The zero-order valence-electron chi connectivity index (χ0n) is 15.2. The Morgan fingerprint density at radius 3 is 2.44 bits per heavy atom. The van der Waals surface area contributed by atoms with Crippen molar-refractivity contribution in [2.45, 2.75) is 18.7 Å². The van der Waals surface area contributed by atoms with Gasteiger partial charge in [0.25, 0.3) is 11.8 Å². The van der Waals surface area contributed by atoms with E-state index >= 15 is 0 Å². The third-order valence-electron chi connectivity index (χ3n) is 3.79. The van der Waals surface area contributed by atoms with E-state index in [1.807, 2.05) is 6.92 Å². The second kappa shape index (κ2) is 8.19. The van der Waals surface area contributed by atoms with Gasteiger partial charge in [-0.05, 0) is 56.3 Å². The van der Waals surface area contributed by atoms with Gasteiger partial charge in [-0.1, -0.05) is 12.1 Å². The Labute approximate surface area is 157 Å². The number of carbonyl (C=O) groups is 2. The number of benzene rings is 2. The molecule has 0 atom stereocenters. The highest BCUT2D eigenvalue weighted by Crippen LogP contribution is 2.21. The van der Waals surface area contributed by atoms with Gasteiger partial charge in [0.05, 0.1) is 10.5 Å². The lowest BCUT2D eigenvalue weighted by molar-refractivity contribution is -0.118. The van der Waals surface area contributed by atoms with Gasteiger partial charge < -0.3 is 15.8 Å². The number of rotatable bonds is 7. The Balaban J connectivity index is 2.13. The molecule has 2 aromatic rings. The zero-order valence-corrected chi connectivity index (χ0v) is 16.0. The maximum atomic E-state index is 12.1. The summed E-state index contributed by atoms with van der Waals surface area (Å²) in [5, 5.41) is 2.57. The van der Waals surface area contributed by atoms with E-state index in [1.54, 1.807) is 31.2 Å². The van der Waals surface area contributed by atoms with Crippen molar-refractivity contribution in [3.63, 3.8) is 0 Å². The second-order valence-electron chi connectivity index (χ2n) is 5.89. The molecule has 0 aromatic heterocycles. The monoisotopic (exact) mass is 391 g/mol. The van der Waals surface area contributed by atoms with Gasteiger partial charge >= 0.3 is 0 Å². The topological polar surface area (TPSA) is 128 Å². The van der Waals surface area contributed by atoms with Gasteiger partial charge in [0.1, 0.15) is 5.75 Å². The number of carbonyl (C=O) groups excluding carboxylic acids is 2. The van der Waals surface area contributed by atoms with Crippen LogP contribution >= 0.6 is 0 Å². The lowest BCUT2D eigenvalue weighted by Gasteiger charge is -2.12. The molecular weight excluding hydrogens is 370 g/mol. The Morgan fingerprint density at radius 1 is 1.11 bits per heavy atom. The molecule has 8 nitrogen and oxygen atoms in total. The Hall–Kier alpha value is -2.91. The van der Waals surface area contributed by atoms with Gasteiger partial charge in [-0.15, -0.1) is 0 Å². The summed E-state index contributed by atoms with van der Waals surface area (Å²) in [7, 11) is -2.33. The van der Waals surface area contributed by atoms with E-state index in [2.05, 4.69) is 10.0 Å². The summed E-state index contributed by atoms with van der Waals surface area (Å²) in [6, 6.07) is 9.39. The minimum absolute atomic E-state index is 0.0680. The smallest absolute Gasteiger partial charge is 0.262 e. The van der Waals surface area contributed by atoms with Gasteiger partial charge in [-0.25, -0.2) is 13.1 Å². The van der Waals surface area contributed by atoms with Crippen LogP contribution < -0.4 is 20.5 Å². The minimum atomic E-state index is -3.65. The lowest BCUT2D eigenvalue weighted by Crippen LogP contribution is -2.23. The van der Waals surface area contributed by atoms with Crippen molar-refractivity contribution in [1.29, 1.82) is 0 Å². The summed E-state index contributed by atoms with van der Waals surface area (Å²) in [6.07, 6.45) is 0. The molecule has 2 rings (SSSR count). The number of hydrogen-bond donors (Lipinski definition) is 3. The average Bonchev–Trinajstić information content (AvgIpc) is 2.61. The molecular formula is C18H21N3O5S. The average molecular weight is 391 g/mol. The second-order valence-corrected chi connectivity index (χ2v) is 7.74. The molecule has 0 aliphatic carbocycles. The number of nitrogens with one attached hydrogen (secondary N) is 2. The van der Waals surface area contributed by atoms with Crippen molar-refractivity contribution in [2.75, 3.05) is 19.0 Å². The third kappa shape index (κ3) is 5.05. The number of primary amides is 1. The van der Waals surface area contributed by atoms with Crippen LogP contribution in [0.15, 0.2) is 41.3 Å². The van der Waals surface area contributed by atoms with Crippen LogP contribution in [0.1, 0.15) is 21.5 Å². The number of aryl methyl sites for hydroxylation is 2. The number of nitrogens with two attached hydrogens (primary N) is 1. The van der Waals surface area contributed by atoms with Crippen LogP contribution in [0.4, 0.5) is 5.69 Å². The number of hydrogen-bond acceptors (Lipinski definition) is 5. The molecule has 0 spiro atoms. The molecule has 0 saturated carbocycles. The standard InChI is InChI=1S/C18H21N3O5S/c1-11-4-7-14(18(19)23)15(8-11)26-10-17(22)21-13-6-5-12(2)16(9-13)27(24,25)20-3/h4-9,20H,10H2,1-3H3,(H2,19,23)(H,21,22). The van der Waals surface area contributed by atoms with Crippen molar-refractivity contribution >= 4 is 27.5 Å². The highest BCUT2D eigenvalue weighted by molar-refractivity contribution is 7.89. The van der Waals surface area contributed by atoms with Crippen molar-refractivity contribution in [3.8, 4) is 5.75 Å². The largest absolute Gasteiger partial charge is 0.483 e. The Kier molecular flexibility index (Phi) is 6.19. The van der Waals surface area contributed by atoms with Gasteiger partial charge in [-0.3, -0.25) is 9.59 Å². The van der Waals surface area contributed by atoms with Crippen LogP contribution in [0.5, 0.6) is 5.75 Å². The van der Waals surface area contributed by atoms with Crippen LogP contribution in [0, 0.1) is 13.8 Å². The van der Waals surface area contributed by atoms with Crippen LogP contribution in [0.2, 0.25) is 0 Å². The first kappa shape index (κ1) is 20.4. The molecule has 9 heteroatoms. The molecule has 0 radical (unpaired) electrons. The predicted molar refractivity (Wildman–Crippen MR) is 101 cm³/mol. The summed E-state index contributed by atoms with van der Waals surface area (Å²) in [5.41, 5.74) is 7.17. The molecule has 0 saturated heterocycles. The molecule has 0 fully saturated rings. The van der Waals surface area contributed by atoms with E-state index in [9.17, 15) is 18.0 Å². The fourth-order valence-electron chi connectivity index (χ4n) is 2.37. The normalized spacial score (nSPS) is 11.1. The third-order valence-corrected chi connectivity index (χ3v) is 5.35. The quantitative estimate of drug-likeness (QED) is 0.656. The summed E-state index contributed by atoms with van der Waals surface area (Å²) in [4.78, 5) is 23.7. The molecule has 0 aliphatic rings. The highest BCUT2D eigenvalue weighted by atomic mass is 32.2. The van der Waals surface area contributed by atoms with Crippen molar-refractivity contribution < 1.29 is 22.7 Å². The van der Waals surface area contributed by atoms with Crippen LogP contribution in [-0.4, -0.2) is 33.9 Å². The number of amides is 2. The molecule has 27 heavy (non-hydrogen) atoms. The lowest BCUT2D eigenvalue weighted by atomic mass is 10.1. The van der Waals surface area contributed by atoms with E-state index in [0.29, 0.717) is 11.3 Å². The molecule has 4 N–H and O–H groups in total. The molecule has 0 unspecified atom stereocenters.